The Bertz CT molecular complexity index is 2920. The minimum absolute atomic E-state index is 0.0929. The molecular weight excluding hydrogens is 633 g/mol. The van der Waals surface area contributed by atoms with Crippen molar-refractivity contribution in [3.05, 3.63) is 164 Å². The lowest BCUT2D eigenvalue weighted by atomic mass is 9.89. The summed E-state index contributed by atoms with van der Waals surface area (Å²) in [6, 6.07) is 55.4. The number of anilines is 1. The van der Waals surface area contributed by atoms with E-state index in [0.717, 1.165) is 24.2 Å². The summed E-state index contributed by atoms with van der Waals surface area (Å²) < 4.78 is 4.90. The molecule has 0 bridgehead atoms. The Morgan fingerprint density at radius 3 is 2.15 bits per heavy atom. The topological polar surface area (TPSA) is 34.2 Å². The number of aliphatic imine (C=N–C) groups is 1. The van der Waals surface area contributed by atoms with Crippen molar-refractivity contribution < 1.29 is 0 Å². The van der Waals surface area contributed by atoms with Crippen LogP contribution in [0.25, 0.3) is 71.2 Å². The summed E-state index contributed by atoms with van der Waals surface area (Å²) in [5.74, 6) is 0.302. The standard InChI is InChI=1S/C48H36N4/c1-3-14-32(15-4-1)47-48(50-41-21-11-10-20-40(41)49-47)52-42-22-12-9-19-37(42)38-29-33(24-26-43(38)52)34-25-27-44-39(30-34)46-36-18-8-7-13-31(36)23-28-45(46)51(44)35-16-5-2-6-17-35/h2-3,5-14,16-30,32,48,50H,1,4,15H2. The van der Waals surface area contributed by atoms with E-state index in [4.69, 9.17) is 4.99 Å². The summed E-state index contributed by atoms with van der Waals surface area (Å²) in [5, 5.41) is 11.5. The number of hydrogen-bond acceptors (Lipinski definition) is 2. The quantitative estimate of drug-likeness (QED) is 0.186. The van der Waals surface area contributed by atoms with Gasteiger partial charge in [0.05, 0.1) is 39.2 Å². The summed E-state index contributed by atoms with van der Waals surface area (Å²) >= 11 is 0. The zero-order chi connectivity index (χ0) is 34.2. The smallest absolute Gasteiger partial charge is 0.144 e. The largest absolute Gasteiger partial charge is 0.358 e. The molecule has 2 atom stereocenters. The first-order valence-corrected chi connectivity index (χ1v) is 18.5. The molecule has 0 spiro atoms. The van der Waals surface area contributed by atoms with E-state index in [0.29, 0.717) is 5.92 Å². The van der Waals surface area contributed by atoms with Gasteiger partial charge >= 0.3 is 0 Å². The molecule has 4 nitrogen and oxygen atoms in total. The van der Waals surface area contributed by atoms with Crippen LogP contribution in [-0.2, 0) is 0 Å². The molecule has 4 heteroatoms. The van der Waals surface area contributed by atoms with Crippen LogP contribution in [0.2, 0.25) is 0 Å². The molecule has 0 fully saturated rings. The number of benzene rings is 7. The Labute approximate surface area is 302 Å². The molecule has 1 aliphatic heterocycles. The average Bonchev–Trinajstić information content (AvgIpc) is 3.73. The van der Waals surface area contributed by atoms with E-state index in [1.807, 2.05) is 0 Å². The van der Waals surface area contributed by atoms with Crippen LogP contribution in [0.5, 0.6) is 0 Å². The highest BCUT2D eigenvalue weighted by Crippen LogP contribution is 2.43. The maximum Gasteiger partial charge on any atom is 0.144 e. The van der Waals surface area contributed by atoms with Gasteiger partial charge in [-0.05, 0) is 102 Å². The second kappa shape index (κ2) is 11.6. The van der Waals surface area contributed by atoms with Gasteiger partial charge in [-0.3, -0.25) is 4.99 Å². The second-order valence-corrected chi connectivity index (χ2v) is 14.3. The van der Waals surface area contributed by atoms with Crippen LogP contribution in [0.15, 0.2) is 169 Å². The van der Waals surface area contributed by atoms with Gasteiger partial charge in [-0.1, -0.05) is 103 Å². The van der Waals surface area contributed by atoms with Crippen LogP contribution in [0, 0.1) is 5.92 Å². The SMILES string of the molecule is C1=CC(C2=Nc3ccccc3NC2n2c3ccccc3c3cc(-c4ccc5c(c4)c4c6ccccc6ccc4n5-c4ccccc4)ccc32)CCC1. The molecule has 1 aliphatic carbocycles. The van der Waals surface area contributed by atoms with E-state index in [2.05, 4.69) is 178 Å². The number of aromatic nitrogens is 2. The molecule has 2 aliphatic rings. The average molecular weight is 669 g/mol. The molecule has 2 unspecified atom stereocenters. The number of nitrogens with one attached hydrogen (secondary N) is 1. The molecule has 0 amide bonds. The molecule has 0 saturated carbocycles. The lowest BCUT2D eigenvalue weighted by Gasteiger charge is -2.33. The minimum atomic E-state index is -0.0929. The molecule has 0 radical (unpaired) electrons. The van der Waals surface area contributed by atoms with E-state index in [9.17, 15) is 0 Å². The Morgan fingerprint density at radius 2 is 1.29 bits per heavy atom. The lowest BCUT2D eigenvalue weighted by molar-refractivity contribution is 0.617. The fourth-order valence-corrected chi connectivity index (χ4v) is 8.94. The molecule has 2 aromatic heterocycles. The highest BCUT2D eigenvalue weighted by atomic mass is 15.2. The predicted octanol–water partition coefficient (Wildman–Crippen LogP) is 12.8. The van der Waals surface area contributed by atoms with Crippen LogP contribution in [0.3, 0.4) is 0 Å². The summed E-state index contributed by atoms with van der Waals surface area (Å²) in [7, 11) is 0. The van der Waals surface area contributed by atoms with Crippen molar-refractivity contribution in [2.45, 2.75) is 25.4 Å². The van der Waals surface area contributed by atoms with E-state index in [-0.39, 0.29) is 6.17 Å². The third-order valence-corrected chi connectivity index (χ3v) is 11.3. The van der Waals surface area contributed by atoms with Gasteiger partial charge in [-0.2, -0.15) is 0 Å². The molecule has 11 rings (SSSR count). The van der Waals surface area contributed by atoms with Gasteiger partial charge < -0.3 is 14.5 Å². The Hall–Kier alpha value is -6.39. The first kappa shape index (κ1) is 29.4. The monoisotopic (exact) mass is 668 g/mol. The highest BCUT2D eigenvalue weighted by molar-refractivity contribution is 6.22. The fraction of sp³-hybridized carbons (Fsp3) is 0.104. The molecule has 52 heavy (non-hydrogen) atoms. The van der Waals surface area contributed by atoms with Crippen molar-refractivity contribution in [1.29, 1.82) is 0 Å². The molecular formula is C48H36N4. The highest BCUT2D eigenvalue weighted by Gasteiger charge is 2.31. The van der Waals surface area contributed by atoms with Gasteiger partial charge in [0.1, 0.15) is 6.17 Å². The molecule has 9 aromatic rings. The van der Waals surface area contributed by atoms with Gasteiger partial charge in [0.15, 0.2) is 0 Å². The summed E-state index contributed by atoms with van der Waals surface area (Å²) in [6.45, 7) is 0. The molecule has 0 saturated heterocycles. The van der Waals surface area contributed by atoms with E-state index in [1.54, 1.807) is 0 Å². The van der Waals surface area contributed by atoms with Crippen LogP contribution in [0.4, 0.5) is 11.4 Å². The first-order valence-electron chi connectivity index (χ1n) is 18.5. The van der Waals surface area contributed by atoms with Gasteiger partial charge in [-0.25, -0.2) is 0 Å². The second-order valence-electron chi connectivity index (χ2n) is 14.3. The number of hydrogen-bond donors (Lipinski definition) is 1. The minimum Gasteiger partial charge on any atom is -0.358 e. The van der Waals surface area contributed by atoms with Crippen LogP contribution in [0.1, 0.15) is 25.4 Å². The van der Waals surface area contributed by atoms with E-state index >= 15 is 0 Å². The maximum absolute atomic E-state index is 5.36. The van der Waals surface area contributed by atoms with Crippen molar-refractivity contribution in [3.63, 3.8) is 0 Å². The van der Waals surface area contributed by atoms with E-state index < -0.39 is 0 Å². The van der Waals surface area contributed by atoms with Crippen molar-refractivity contribution >= 4 is 71.5 Å². The Kier molecular flexibility index (Phi) is 6.53. The predicted molar refractivity (Wildman–Crippen MR) is 219 cm³/mol. The lowest BCUT2D eigenvalue weighted by Crippen LogP contribution is -2.34. The van der Waals surface area contributed by atoms with E-state index in [1.165, 1.54) is 83.3 Å². The number of para-hydroxylation sites is 4. The maximum atomic E-state index is 5.36. The third-order valence-electron chi connectivity index (χ3n) is 11.3. The van der Waals surface area contributed by atoms with Gasteiger partial charge in [0.25, 0.3) is 0 Å². The number of nitrogens with zero attached hydrogens (tertiary/aromatic N) is 3. The van der Waals surface area contributed by atoms with Crippen molar-refractivity contribution in [3.8, 4) is 16.8 Å². The van der Waals surface area contributed by atoms with Crippen LogP contribution < -0.4 is 5.32 Å². The van der Waals surface area contributed by atoms with Gasteiger partial charge in [0, 0.05) is 33.2 Å². The van der Waals surface area contributed by atoms with Crippen LogP contribution in [-0.4, -0.2) is 14.8 Å². The zero-order valence-corrected chi connectivity index (χ0v) is 28.7. The van der Waals surface area contributed by atoms with Crippen molar-refractivity contribution in [2.24, 2.45) is 10.9 Å². The number of allylic oxidation sites excluding steroid dienone is 2. The first-order chi connectivity index (χ1) is 25.8. The summed E-state index contributed by atoms with van der Waals surface area (Å²) in [6.07, 6.45) is 8.08. The Morgan fingerprint density at radius 1 is 0.577 bits per heavy atom. The zero-order valence-electron chi connectivity index (χ0n) is 28.7. The van der Waals surface area contributed by atoms with Crippen LogP contribution >= 0.6 is 0 Å². The summed E-state index contributed by atoms with van der Waals surface area (Å²) in [4.78, 5) is 5.36. The molecule has 1 N–H and O–H groups in total. The summed E-state index contributed by atoms with van der Waals surface area (Å²) in [5.41, 5.74) is 11.7. The molecule has 7 aromatic carbocycles. The number of rotatable bonds is 4. The van der Waals surface area contributed by atoms with Crippen molar-refractivity contribution in [1.82, 2.24) is 9.13 Å². The molecule has 3 heterocycles. The normalized spacial score (nSPS) is 17.2. The Balaban J connectivity index is 1.11. The van der Waals surface area contributed by atoms with Gasteiger partial charge in [-0.15, -0.1) is 0 Å². The number of fused-ring (bicyclic) bond motifs is 9. The van der Waals surface area contributed by atoms with Crippen molar-refractivity contribution in [2.75, 3.05) is 5.32 Å². The third kappa shape index (κ3) is 4.44. The van der Waals surface area contributed by atoms with Gasteiger partial charge in [0.2, 0.25) is 0 Å². The molecule has 248 valence electrons. The fourth-order valence-electron chi connectivity index (χ4n) is 8.94.